The van der Waals surface area contributed by atoms with Crippen molar-refractivity contribution < 1.29 is 4.79 Å². The lowest BCUT2D eigenvalue weighted by Crippen LogP contribution is -2.38. The Bertz CT molecular complexity index is 785. The molecule has 0 spiro atoms. The molecular formula is C19H26N4OS. The van der Waals surface area contributed by atoms with E-state index in [1.807, 2.05) is 17.9 Å². The van der Waals surface area contributed by atoms with Crippen molar-refractivity contribution in [1.29, 1.82) is 0 Å². The minimum Gasteiger partial charge on any atom is -0.338 e. The van der Waals surface area contributed by atoms with E-state index in [1.54, 1.807) is 11.3 Å². The molecule has 0 N–H and O–H groups in total. The first-order chi connectivity index (χ1) is 12.0. The fourth-order valence-electron chi connectivity index (χ4n) is 4.08. The number of piperidine rings is 1. The zero-order chi connectivity index (χ0) is 17.6. The van der Waals surface area contributed by atoms with Crippen LogP contribution < -0.4 is 0 Å². The first-order valence-corrected chi connectivity index (χ1v) is 9.99. The number of carbonyl (C=O) groups is 1. The van der Waals surface area contributed by atoms with Gasteiger partial charge >= 0.3 is 0 Å². The number of likely N-dealkylation sites (tertiary alicyclic amines) is 1. The van der Waals surface area contributed by atoms with Gasteiger partial charge in [-0.3, -0.25) is 9.69 Å². The SMILES string of the molecule is Cc1csc(C(=O)N2CCC(c3nc(C)n4c3CN(C)CC4)CC2)c1. The predicted molar refractivity (Wildman–Crippen MR) is 100 cm³/mol. The average Bonchev–Trinajstić information content (AvgIpc) is 3.18. The van der Waals surface area contributed by atoms with Gasteiger partial charge in [0.25, 0.3) is 5.91 Å². The van der Waals surface area contributed by atoms with Crippen LogP contribution in [0.1, 0.15) is 51.2 Å². The van der Waals surface area contributed by atoms with Gasteiger partial charge in [-0.2, -0.15) is 0 Å². The second-order valence-corrected chi connectivity index (χ2v) is 8.35. The van der Waals surface area contributed by atoms with Gasteiger partial charge in [0.15, 0.2) is 0 Å². The van der Waals surface area contributed by atoms with Crippen LogP contribution >= 0.6 is 11.3 Å². The van der Waals surface area contributed by atoms with Crippen LogP contribution in [0, 0.1) is 13.8 Å². The predicted octanol–water partition coefficient (Wildman–Crippen LogP) is 3.03. The van der Waals surface area contributed by atoms with Crippen molar-refractivity contribution in [2.24, 2.45) is 0 Å². The summed E-state index contributed by atoms with van der Waals surface area (Å²) in [4.78, 5) is 22.8. The van der Waals surface area contributed by atoms with Crippen LogP contribution in [0.5, 0.6) is 0 Å². The smallest absolute Gasteiger partial charge is 0.263 e. The summed E-state index contributed by atoms with van der Waals surface area (Å²) in [5.41, 5.74) is 3.85. The number of imidazole rings is 1. The molecule has 2 aromatic rings. The molecule has 134 valence electrons. The van der Waals surface area contributed by atoms with E-state index in [0.29, 0.717) is 5.92 Å². The molecule has 1 fully saturated rings. The summed E-state index contributed by atoms with van der Waals surface area (Å²) in [6, 6.07) is 2.00. The van der Waals surface area contributed by atoms with E-state index in [1.165, 1.54) is 17.0 Å². The molecule has 6 heteroatoms. The van der Waals surface area contributed by atoms with Crippen LogP contribution in [0.2, 0.25) is 0 Å². The summed E-state index contributed by atoms with van der Waals surface area (Å²) in [6.07, 6.45) is 2.03. The molecule has 2 aliphatic rings. The van der Waals surface area contributed by atoms with Crippen molar-refractivity contribution >= 4 is 17.2 Å². The number of nitrogens with zero attached hydrogens (tertiary/aromatic N) is 4. The molecule has 5 nitrogen and oxygen atoms in total. The normalized spacial score (nSPS) is 19.2. The molecule has 1 amide bonds. The standard InChI is InChI=1S/C19H26N4OS/c1-13-10-17(25-12-13)19(24)22-6-4-15(5-7-22)18-16-11-21(3)8-9-23(16)14(2)20-18/h10,12,15H,4-9,11H2,1-3H3. The highest BCUT2D eigenvalue weighted by molar-refractivity contribution is 7.12. The number of likely N-dealkylation sites (N-methyl/N-ethyl adjacent to an activating group) is 1. The van der Waals surface area contributed by atoms with Gasteiger partial charge in [-0.1, -0.05) is 0 Å². The average molecular weight is 359 g/mol. The van der Waals surface area contributed by atoms with Gasteiger partial charge < -0.3 is 9.47 Å². The largest absolute Gasteiger partial charge is 0.338 e. The number of thiophene rings is 1. The summed E-state index contributed by atoms with van der Waals surface area (Å²) in [5, 5.41) is 2.05. The number of rotatable bonds is 2. The molecule has 0 aromatic carbocycles. The van der Waals surface area contributed by atoms with E-state index in [9.17, 15) is 4.79 Å². The number of aryl methyl sites for hydroxylation is 2. The summed E-state index contributed by atoms with van der Waals surface area (Å²) in [5.74, 6) is 1.82. The van der Waals surface area contributed by atoms with Gasteiger partial charge in [-0.05, 0) is 50.7 Å². The van der Waals surface area contributed by atoms with Gasteiger partial charge in [0.1, 0.15) is 5.82 Å². The molecule has 4 heterocycles. The van der Waals surface area contributed by atoms with Crippen LogP contribution in [0.15, 0.2) is 11.4 Å². The molecule has 0 aliphatic carbocycles. The maximum atomic E-state index is 12.6. The van der Waals surface area contributed by atoms with Gasteiger partial charge in [0.05, 0.1) is 16.3 Å². The van der Waals surface area contributed by atoms with E-state index < -0.39 is 0 Å². The number of amides is 1. The molecule has 2 aromatic heterocycles. The molecule has 0 unspecified atom stereocenters. The van der Waals surface area contributed by atoms with E-state index in [4.69, 9.17) is 4.98 Å². The lowest BCUT2D eigenvalue weighted by atomic mass is 9.91. The molecular weight excluding hydrogens is 332 g/mol. The Morgan fingerprint density at radius 2 is 1.96 bits per heavy atom. The van der Waals surface area contributed by atoms with Gasteiger partial charge in [-0.25, -0.2) is 4.98 Å². The summed E-state index contributed by atoms with van der Waals surface area (Å²) in [7, 11) is 2.18. The monoisotopic (exact) mass is 358 g/mol. The van der Waals surface area contributed by atoms with Crippen LogP contribution in [0.3, 0.4) is 0 Å². The van der Waals surface area contributed by atoms with Crippen LogP contribution in [0.25, 0.3) is 0 Å². The minimum atomic E-state index is 0.194. The van der Waals surface area contributed by atoms with Crippen molar-refractivity contribution in [2.45, 2.75) is 45.7 Å². The fraction of sp³-hybridized carbons (Fsp3) is 0.579. The van der Waals surface area contributed by atoms with Gasteiger partial charge in [-0.15, -0.1) is 11.3 Å². The minimum absolute atomic E-state index is 0.194. The van der Waals surface area contributed by atoms with E-state index in [-0.39, 0.29) is 5.91 Å². The highest BCUT2D eigenvalue weighted by atomic mass is 32.1. The molecule has 2 aliphatic heterocycles. The first-order valence-electron chi connectivity index (χ1n) is 9.12. The maximum Gasteiger partial charge on any atom is 0.263 e. The van der Waals surface area contributed by atoms with Crippen molar-refractivity contribution in [1.82, 2.24) is 19.4 Å². The Morgan fingerprint density at radius 3 is 2.64 bits per heavy atom. The third-order valence-corrected chi connectivity index (χ3v) is 6.57. The Hall–Kier alpha value is -1.66. The van der Waals surface area contributed by atoms with E-state index >= 15 is 0 Å². The third-order valence-electron chi connectivity index (χ3n) is 5.53. The molecule has 0 atom stereocenters. The number of fused-ring (bicyclic) bond motifs is 1. The zero-order valence-corrected chi connectivity index (χ0v) is 16.1. The first kappa shape index (κ1) is 16.8. The molecule has 0 radical (unpaired) electrons. The number of hydrogen-bond donors (Lipinski definition) is 0. The van der Waals surface area contributed by atoms with Gasteiger partial charge in [0, 0.05) is 38.6 Å². The molecule has 25 heavy (non-hydrogen) atoms. The lowest BCUT2D eigenvalue weighted by Gasteiger charge is -2.32. The second kappa shape index (κ2) is 6.57. The van der Waals surface area contributed by atoms with Crippen LogP contribution in [-0.2, 0) is 13.1 Å². The van der Waals surface area contributed by atoms with Crippen LogP contribution in [0.4, 0.5) is 0 Å². The second-order valence-electron chi connectivity index (χ2n) is 7.44. The highest BCUT2D eigenvalue weighted by Gasteiger charge is 2.30. The van der Waals surface area contributed by atoms with Crippen LogP contribution in [-0.4, -0.2) is 51.9 Å². The quantitative estimate of drug-likeness (QED) is 0.829. The van der Waals surface area contributed by atoms with Crippen molar-refractivity contribution in [2.75, 3.05) is 26.7 Å². The topological polar surface area (TPSA) is 41.4 Å². The highest BCUT2D eigenvalue weighted by Crippen LogP contribution is 2.32. The maximum absolute atomic E-state index is 12.6. The third kappa shape index (κ3) is 3.13. The molecule has 0 saturated carbocycles. The Morgan fingerprint density at radius 1 is 1.20 bits per heavy atom. The lowest BCUT2D eigenvalue weighted by molar-refractivity contribution is 0.0716. The summed E-state index contributed by atoms with van der Waals surface area (Å²) < 4.78 is 2.39. The Kier molecular flexibility index (Phi) is 4.41. The van der Waals surface area contributed by atoms with Crippen molar-refractivity contribution in [3.63, 3.8) is 0 Å². The molecule has 4 rings (SSSR count). The zero-order valence-electron chi connectivity index (χ0n) is 15.3. The van der Waals surface area contributed by atoms with Crippen molar-refractivity contribution in [3.05, 3.63) is 39.1 Å². The van der Waals surface area contributed by atoms with E-state index in [0.717, 1.165) is 56.3 Å². The molecule has 0 bridgehead atoms. The van der Waals surface area contributed by atoms with Crippen molar-refractivity contribution in [3.8, 4) is 0 Å². The summed E-state index contributed by atoms with van der Waals surface area (Å²) in [6.45, 7) is 8.96. The fourth-order valence-corrected chi connectivity index (χ4v) is 4.95. The number of aromatic nitrogens is 2. The number of carbonyl (C=O) groups excluding carboxylic acids is 1. The Balaban J connectivity index is 1.47. The number of hydrogen-bond acceptors (Lipinski definition) is 4. The summed E-state index contributed by atoms with van der Waals surface area (Å²) >= 11 is 1.56. The van der Waals surface area contributed by atoms with Gasteiger partial charge in [0.2, 0.25) is 0 Å². The Labute approximate surface area is 153 Å². The van der Waals surface area contributed by atoms with E-state index in [2.05, 4.69) is 28.8 Å². The molecule has 1 saturated heterocycles.